The number of likely N-dealkylation sites (tertiary alicyclic amines) is 1. The fourth-order valence-electron chi connectivity index (χ4n) is 3.07. The number of nitrogens with zero attached hydrogens (tertiary/aromatic N) is 2. The average Bonchev–Trinajstić information content (AvgIpc) is 2.66. The Morgan fingerprint density at radius 2 is 1.93 bits per heavy atom. The van der Waals surface area contributed by atoms with Crippen LogP contribution in [0, 0.1) is 0 Å². The van der Waals surface area contributed by atoms with E-state index >= 15 is 0 Å². The van der Waals surface area contributed by atoms with E-state index in [0.29, 0.717) is 44.5 Å². The van der Waals surface area contributed by atoms with Crippen molar-refractivity contribution in [3.8, 4) is 5.75 Å². The van der Waals surface area contributed by atoms with E-state index in [4.69, 9.17) is 4.74 Å². The van der Waals surface area contributed by atoms with Crippen LogP contribution in [-0.2, 0) is 9.84 Å². The van der Waals surface area contributed by atoms with E-state index in [1.165, 1.54) is 12.1 Å². The largest absolute Gasteiger partial charge is 0.492 e. The van der Waals surface area contributed by atoms with Crippen LogP contribution < -0.4 is 15.4 Å². The van der Waals surface area contributed by atoms with Crippen LogP contribution in [-0.4, -0.2) is 77.3 Å². The summed E-state index contributed by atoms with van der Waals surface area (Å²) in [5.41, 5.74) is 0. The molecule has 1 saturated heterocycles. The highest BCUT2D eigenvalue weighted by molar-refractivity contribution is 7.90. The lowest BCUT2D eigenvalue weighted by Crippen LogP contribution is -2.49. The van der Waals surface area contributed by atoms with Crippen LogP contribution in [0.2, 0.25) is 0 Å². The number of hydrogen-bond donors (Lipinski definition) is 2. The van der Waals surface area contributed by atoms with Crippen LogP contribution in [0.15, 0.2) is 34.2 Å². The van der Waals surface area contributed by atoms with Crippen molar-refractivity contribution in [2.75, 3.05) is 45.6 Å². The Balaban J connectivity index is 1.77. The number of benzene rings is 1. The summed E-state index contributed by atoms with van der Waals surface area (Å²) in [6.07, 6.45) is 0.455. The Hall–Kier alpha value is -1.94. The van der Waals surface area contributed by atoms with E-state index in [9.17, 15) is 17.2 Å². The molecule has 0 bridgehead atoms. The van der Waals surface area contributed by atoms with Crippen LogP contribution in [0.5, 0.6) is 5.75 Å². The summed E-state index contributed by atoms with van der Waals surface area (Å²) in [5.74, 6) is 1.26. The second-order valence-electron chi connectivity index (χ2n) is 6.96. The van der Waals surface area contributed by atoms with Gasteiger partial charge < -0.3 is 15.4 Å². The number of aliphatic imine (C=N–C) groups is 1. The first-order valence-corrected chi connectivity index (χ1v) is 11.7. The van der Waals surface area contributed by atoms with Gasteiger partial charge in [-0.1, -0.05) is 0 Å². The third kappa shape index (κ3) is 8.53. The molecule has 0 atom stereocenters. The Morgan fingerprint density at radius 3 is 2.48 bits per heavy atom. The minimum absolute atomic E-state index is 0.163. The topological polar surface area (TPSA) is 83.0 Å². The van der Waals surface area contributed by atoms with Gasteiger partial charge >= 0.3 is 0 Å². The standard InChI is InChI=1S/C19H30F2N4O3S/c1-3-22-19(24-15-8-11-25(12-9-15)14-18(20)21)23-10-13-28-16-4-6-17(7-5-16)29(2,26)27/h4-7,15,18H,3,8-14H2,1-2H3,(H2,22,23,24). The lowest BCUT2D eigenvalue weighted by Gasteiger charge is -2.32. The number of halogens is 2. The van der Waals surface area contributed by atoms with E-state index < -0.39 is 16.3 Å². The lowest BCUT2D eigenvalue weighted by molar-refractivity contribution is 0.0744. The second kappa shape index (κ2) is 11.3. The molecule has 1 fully saturated rings. The zero-order chi connectivity index (χ0) is 21.3. The molecule has 0 unspecified atom stereocenters. The van der Waals surface area contributed by atoms with Crippen molar-refractivity contribution < 1.29 is 21.9 Å². The van der Waals surface area contributed by atoms with Crippen molar-refractivity contribution in [1.29, 1.82) is 0 Å². The first kappa shape index (κ1) is 23.3. The molecule has 0 spiro atoms. The van der Waals surface area contributed by atoms with Gasteiger partial charge in [0.15, 0.2) is 15.8 Å². The quantitative estimate of drug-likeness (QED) is 0.352. The van der Waals surface area contributed by atoms with Crippen molar-refractivity contribution in [1.82, 2.24) is 15.5 Å². The summed E-state index contributed by atoms with van der Waals surface area (Å²) < 4.78 is 53.5. The van der Waals surface area contributed by atoms with Gasteiger partial charge in [0.1, 0.15) is 12.4 Å². The lowest BCUT2D eigenvalue weighted by atomic mass is 10.1. The highest BCUT2D eigenvalue weighted by Crippen LogP contribution is 2.15. The van der Waals surface area contributed by atoms with E-state index in [0.717, 1.165) is 19.1 Å². The molecule has 1 aromatic carbocycles. The van der Waals surface area contributed by atoms with Gasteiger partial charge in [-0.2, -0.15) is 0 Å². The average molecular weight is 433 g/mol. The normalized spacial score (nSPS) is 16.8. The zero-order valence-corrected chi connectivity index (χ0v) is 17.7. The smallest absolute Gasteiger partial charge is 0.251 e. The maximum absolute atomic E-state index is 12.5. The van der Waals surface area contributed by atoms with Crippen molar-refractivity contribution >= 4 is 15.8 Å². The summed E-state index contributed by atoms with van der Waals surface area (Å²) in [7, 11) is -3.22. The highest BCUT2D eigenvalue weighted by atomic mass is 32.2. The summed E-state index contributed by atoms with van der Waals surface area (Å²) in [5, 5.41) is 6.54. The molecule has 10 heteroatoms. The fourth-order valence-corrected chi connectivity index (χ4v) is 3.70. The number of rotatable bonds is 9. The monoisotopic (exact) mass is 432 g/mol. The van der Waals surface area contributed by atoms with Crippen LogP contribution in [0.4, 0.5) is 8.78 Å². The fraction of sp³-hybridized carbons (Fsp3) is 0.632. The molecule has 0 aliphatic carbocycles. The molecule has 1 aliphatic heterocycles. The molecule has 1 heterocycles. The van der Waals surface area contributed by atoms with Crippen LogP contribution >= 0.6 is 0 Å². The van der Waals surface area contributed by atoms with Gasteiger partial charge in [0, 0.05) is 31.9 Å². The van der Waals surface area contributed by atoms with Gasteiger partial charge in [0.25, 0.3) is 6.43 Å². The second-order valence-corrected chi connectivity index (χ2v) is 8.98. The molecule has 29 heavy (non-hydrogen) atoms. The number of nitrogens with one attached hydrogen (secondary N) is 2. The third-order valence-electron chi connectivity index (χ3n) is 4.55. The zero-order valence-electron chi connectivity index (χ0n) is 16.9. The molecular formula is C19H30F2N4O3S. The molecule has 0 radical (unpaired) electrons. The van der Waals surface area contributed by atoms with Gasteiger partial charge in [0.2, 0.25) is 0 Å². The summed E-state index contributed by atoms with van der Waals surface area (Å²) in [6, 6.07) is 6.47. The van der Waals surface area contributed by atoms with Crippen LogP contribution in [0.25, 0.3) is 0 Å². The predicted molar refractivity (Wildman–Crippen MR) is 110 cm³/mol. The molecule has 1 aromatic rings. The first-order chi connectivity index (χ1) is 13.8. The summed E-state index contributed by atoms with van der Waals surface area (Å²) in [4.78, 5) is 6.53. The molecular weight excluding hydrogens is 402 g/mol. The van der Waals surface area contributed by atoms with Crippen LogP contribution in [0.3, 0.4) is 0 Å². The van der Waals surface area contributed by atoms with Gasteiger partial charge in [-0.25, -0.2) is 22.2 Å². The maximum Gasteiger partial charge on any atom is 0.251 e. The van der Waals surface area contributed by atoms with Crippen molar-refractivity contribution in [3.63, 3.8) is 0 Å². The van der Waals surface area contributed by atoms with Gasteiger partial charge in [-0.15, -0.1) is 0 Å². The summed E-state index contributed by atoms with van der Waals surface area (Å²) in [6.45, 7) is 4.59. The summed E-state index contributed by atoms with van der Waals surface area (Å²) >= 11 is 0. The Bertz CT molecular complexity index is 749. The number of sulfone groups is 1. The van der Waals surface area contributed by atoms with E-state index in [1.807, 2.05) is 6.92 Å². The molecule has 2 rings (SSSR count). The van der Waals surface area contributed by atoms with Crippen molar-refractivity contribution in [3.05, 3.63) is 24.3 Å². The van der Waals surface area contributed by atoms with Crippen molar-refractivity contribution in [2.45, 2.75) is 37.1 Å². The number of ether oxygens (including phenoxy) is 1. The van der Waals surface area contributed by atoms with Crippen molar-refractivity contribution in [2.24, 2.45) is 4.99 Å². The van der Waals surface area contributed by atoms with Gasteiger partial charge in [-0.05, 0) is 44.0 Å². The Morgan fingerprint density at radius 1 is 1.28 bits per heavy atom. The molecule has 1 aliphatic rings. The number of guanidine groups is 1. The molecule has 0 saturated carbocycles. The number of alkyl halides is 2. The van der Waals surface area contributed by atoms with E-state index in [1.54, 1.807) is 17.0 Å². The Labute approximate surface area is 171 Å². The molecule has 0 aromatic heterocycles. The van der Waals surface area contributed by atoms with Gasteiger partial charge in [0.05, 0.1) is 18.0 Å². The minimum atomic E-state index is -3.22. The van der Waals surface area contributed by atoms with E-state index in [2.05, 4.69) is 15.6 Å². The maximum atomic E-state index is 12.5. The minimum Gasteiger partial charge on any atom is -0.492 e. The van der Waals surface area contributed by atoms with E-state index in [-0.39, 0.29) is 17.5 Å². The Kier molecular flexibility index (Phi) is 9.09. The molecule has 2 N–H and O–H groups in total. The number of piperidine rings is 1. The molecule has 7 nitrogen and oxygen atoms in total. The SMILES string of the molecule is CCNC(=NCCOc1ccc(S(C)(=O)=O)cc1)NC1CCN(CC(F)F)CC1. The highest BCUT2D eigenvalue weighted by Gasteiger charge is 2.21. The predicted octanol–water partition coefficient (Wildman–Crippen LogP) is 1.75. The molecule has 164 valence electrons. The van der Waals surface area contributed by atoms with Gasteiger partial charge in [-0.3, -0.25) is 4.90 Å². The molecule has 0 amide bonds. The van der Waals surface area contributed by atoms with Crippen LogP contribution in [0.1, 0.15) is 19.8 Å². The first-order valence-electron chi connectivity index (χ1n) is 9.76. The third-order valence-corrected chi connectivity index (χ3v) is 5.68. The number of hydrogen-bond acceptors (Lipinski definition) is 5.